The van der Waals surface area contributed by atoms with E-state index >= 15 is 0 Å². The summed E-state index contributed by atoms with van der Waals surface area (Å²) in [6.07, 6.45) is 5.63. The molecule has 0 aliphatic heterocycles. The minimum absolute atomic E-state index is 0.0715. The lowest BCUT2D eigenvalue weighted by Crippen LogP contribution is -2.30. The van der Waals surface area contributed by atoms with Gasteiger partial charge in [-0.3, -0.25) is 4.79 Å². The molecule has 0 aliphatic carbocycles. The van der Waals surface area contributed by atoms with Crippen LogP contribution in [0.4, 0.5) is 10.5 Å². The monoisotopic (exact) mass is 306 g/mol. The van der Waals surface area contributed by atoms with Crippen LogP contribution in [-0.4, -0.2) is 35.2 Å². The molecule has 1 aromatic carbocycles. The second-order valence-corrected chi connectivity index (χ2v) is 5.34. The Morgan fingerprint density at radius 1 is 1.38 bits per heavy atom. The first-order chi connectivity index (χ1) is 10.1. The molecule has 2 amide bonds. The third kappa shape index (κ3) is 7.90. The van der Waals surface area contributed by atoms with Crippen LogP contribution >= 0.6 is 11.8 Å². The van der Waals surface area contributed by atoms with E-state index in [1.54, 1.807) is 30.0 Å². The van der Waals surface area contributed by atoms with Crippen molar-refractivity contribution in [3.63, 3.8) is 0 Å². The Labute approximate surface area is 128 Å². The molecule has 0 unspecified atom stereocenters. The predicted molar refractivity (Wildman–Crippen MR) is 85.6 cm³/mol. The Morgan fingerprint density at radius 3 is 2.90 bits per heavy atom. The zero-order chi connectivity index (χ0) is 15.5. The molecule has 0 spiro atoms. The quantitative estimate of drug-likeness (QED) is 0.508. The number of carboxylic acids is 1. The third-order valence-electron chi connectivity index (χ3n) is 2.53. The van der Waals surface area contributed by atoms with Gasteiger partial charge in [0.25, 0.3) is 0 Å². The van der Waals surface area contributed by atoms with Crippen molar-refractivity contribution >= 4 is 29.4 Å². The van der Waals surface area contributed by atoms with Crippen LogP contribution in [0.5, 0.6) is 0 Å². The Balaban J connectivity index is 2.36. The maximum atomic E-state index is 11.7. The van der Waals surface area contributed by atoms with Crippen LogP contribution in [0.2, 0.25) is 0 Å². The summed E-state index contributed by atoms with van der Waals surface area (Å²) in [6, 6.07) is 6.87. The van der Waals surface area contributed by atoms with E-state index in [9.17, 15) is 9.59 Å². The smallest absolute Gasteiger partial charge is 0.319 e. The van der Waals surface area contributed by atoms with Crippen LogP contribution < -0.4 is 10.6 Å². The molecule has 21 heavy (non-hydrogen) atoms. The van der Waals surface area contributed by atoms with Crippen molar-refractivity contribution in [2.24, 2.45) is 0 Å². The molecule has 0 aliphatic rings. The van der Waals surface area contributed by atoms with Crippen molar-refractivity contribution in [3.8, 4) is 12.3 Å². The highest BCUT2D eigenvalue weighted by Gasteiger charge is 2.03. The maximum absolute atomic E-state index is 11.7. The van der Waals surface area contributed by atoms with Gasteiger partial charge in [0.1, 0.15) is 0 Å². The van der Waals surface area contributed by atoms with Crippen molar-refractivity contribution in [1.29, 1.82) is 0 Å². The van der Waals surface area contributed by atoms with Crippen LogP contribution in [0.25, 0.3) is 0 Å². The van der Waals surface area contributed by atoms with Gasteiger partial charge in [0.2, 0.25) is 0 Å². The van der Waals surface area contributed by atoms with Gasteiger partial charge in [-0.05, 0) is 24.1 Å². The van der Waals surface area contributed by atoms with Gasteiger partial charge >= 0.3 is 12.0 Å². The molecule has 0 aromatic heterocycles. The van der Waals surface area contributed by atoms with E-state index in [1.165, 1.54) is 0 Å². The molecule has 112 valence electrons. The van der Waals surface area contributed by atoms with E-state index in [0.29, 0.717) is 24.4 Å². The molecule has 0 fully saturated rings. The number of benzene rings is 1. The van der Waals surface area contributed by atoms with Crippen molar-refractivity contribution in [1.82, 2.24) is 5.32 Å². The number of hydrogen-bond donors (Lipinski definition) is 3. The molecule has 1 rings (SSSR count). The number of urea groups is 1. The molecular weight excluding hydrogens is 288 g/mol. The number of hydrogen-bond acceptors (Lipinski definition) is 3. The van der Waals surface area contributed by atoms with Gasteiger partial charge in [-0.2, -0.15) is 0 Å². The fourth-order valence-corrected chi connectivity index (χ4v) is 2.11. The number of carbonyl (C=O) groups excluding carboxylic acids is 1. The van der Waals surface area contributed by atoms with Gasteiger partial charge in [0.15, 0.2) is 0 Å². The van der Waals surface area contributed by atoms with Gasteiger partial charge in [-0.15, -0.1) is 18.2 Å². The standard InChI is InChI=1S/C15H18N2O3S/c1-2-9-21-10-8-16-15(20)17-13-5-3-4-12(11-13)6-7-14(18)19/h1,3-5,11H,6-10H2,(H,18,19)(H2,16,17,20). The van der Waals surface area contributed by atoms with Crippen LogP contribution in [0, 0.1) is 12.3 Å². The summed E-state index contributed by atoms with van der Waals surface area (Å²) >= 11 is 1.58. The molecule has 0 bridgehead atoms. The highest BCUT2D eigenvalue weighted by Crippen LogP contribution is 2.12. The van der Waals surface area contributed by atoms with Crippen LogP contribution in [-0.2, 0) is 11.2 Å². The van der Waals surface area contributed by atoms with Crippen LogP contribution in [0.1, 0.15) is 12.0 Å². The summed E-state index contributed by atoms with van der Waals surface area (Å²) in [7, 11) is 0. The van der Waals surface area contributed by atoms with E-state index < -0.39 is 5.97 Å². The third-order valence-corrected chi connectivity index (χ3v) is 3.39. The predicted octanol–water partition coefficient (Wildman–Crippen LogP) is 2.19. The number of carbonyl (C=O) groups is 2. The average molecular weight is 306 g/mol. The molecule has 0 saturated heterocycles. The second kappa shape index (κ2) is 9.72. The molecular formula is C15H18N2O3S. The first-order valence-electron chi connectivity index (χ1n) is 6.48. The molecule has 6 heteroatoms. The molecule has 3 N–H and O–H groups in total. The average Bonchev–Trinajstić information content (AvgIpc) is 2.45. The van der Waals surface area contributed by atoms with Crippen molar-refractivity contribution in [3.05, 3.63) is 29.8 Å². The number of terminal acetylenes is 1. The number of carboxylic acid groups (broad SMARTS) is 1. The van der Waals surface area contributed by atoms with Crippen LogP contribution in [0.3, 0.4) is 0 Å². The first-order valence-corrected chi connectivity index (χ1v) is 7.64. The number of nitrogens with one attached hydrogen (secondary N) is 2. The Hall–Kier alpha value is -2.13. The van der Waals surface area contributed by atoms with Crippen molar-refractivity contribution in [2.45, 2.75) is 12.8 Å². The molecule has 0 heterocycles. The molecule has 5 nitrogen and oxygen atoms in total. The molecule has 0 atom stereocenters. The number of thioether (sulfide) groups is 1. The maximum Gasteiger partial charge on any atom is 0.319 e. The Kier molecular flexibility index (Phi) is 7.84. The van der Waals surface area contributed by atoms with Gasteiger partial charge < -0.3 is 15.7 Å². The van der Waals surface area contributed by atoms with E-state index in [2.05, 4.69) is 16.6 Å². The zero-order valence-corrected chi connectivity index (χ0v) is 12.4. The zero-order valence-electron chi connectivity index (χ0n) is 11.6. The topological polar surface area (TPSA) is 78.4 Å². The number of aliphatic carboxylic acids is 1. The van der Waals surface area contributed by atoms with E-state index in [1.807, 2.05) is 6.07 Å². The number of rotatable bonds is 8. The van der Waals surface area contributed by atoms with Crippen LogP contribution in [0.15, 0.2) is 24.3 Å². The van der Waals surface area contributed by atoms with E-state index in [-0.39, 0.29) is 12.5 Å². The number of anilines is 1. The second-order valence-electron chi connectivity index (χ2n) is 4.23. The number of amides is 2. The normalized spacial score (nSPS) is 9.67. The summed E-state index contributed by atoms with van der Waals surface area (Å²) in [6.45, 7) is 0.539. The fraction of sp³-hybridized carbons (Fsp3) is 0.333. The lowest BCUT2D eigenvalue weighted by Gasteiger charge is -2.08. The highest BCUT2D eigenvalue weighted by molar-refractivity contribution is 7.99. The minimum Gasteiger partial charge on any atom is -0.481 e. The molecule has 1 aromatic rings. The Bertz CT molecular complexity index is 526. The Morgan fingerprint density at radius 2 is 2.19 bits per heavy atom. The van der Waals surface area contributed by atoms with E-state index in [4.69, 9.17) is 11.5 Å². The minimum atomic E-state index is -0.837. The van der Waals surface area contributed by atoms with Gasteiger partial charge in [-0.1, -0.05) is 18.1 Å². The summed E-state index contributed by atoms with van der Waals surface area (Å²) in [5.41, 5.74) is 1.52. The lowest BCUT2D eigenvalue weighted by molar-refractivity contribution is -0.136. The lowest BCUT2D eigenvalue weighted by atomic mass is 10.1. The van der Waals surface area contributed by atoms with Crippen molar-refractivity contribution in [2.75, 3.05) is 23.4 Å². The van der Waals surface area contributed by atoms with Crippen molar-refractivity contribution < 1.29 is 14.7 Å². The molecule has 0 radical (unpaired) electrons. The summed E-state index contributed by atoms with van der Waals surface area (Å²) in [5.74, 6) is 3.07. The van der Waals surface area contributed by atoms with E-state index in [0.717, 1.165) is 11.3 Å². The first kappa shape index (κ1) is 16.9. The van der Waals surface area contributed by atoms with Gasteiger partial charge in [-0.25, -0.2) is 4.79 Å². The fourth-order valence-electron chi connectivity index (χ4n) is 1.60. The van der Waals surface area contributed by atoms with Gasteiger partial charge in [0.05, 0.1) is 5.75 Å². The SMILES string of the molecule is C#CCSCCNC(=O)Nc1cccc(CCC(=O)O)c1. The molecule has 0 saturated carbocycles. The summed E-state index contributed by atoms with van der Waals surface area (Å²) in [5, 5.41) is 14.1. The van der Waals surface area contributed by atoms with Gasteiger partial charge in [0, 0.05) is 24.4 Å². The highest BCUT2D eigenvalue weighted by atomic mass is 32.2. The summed E-state index contributed by atoms with van der Waals surface area (Å²) in [4.78, 5) is 22.2. The number of aryl methyl sites for hydroxylation is 1. The largest absolute Gasteiger partial charge is 0.481 e. The summed E-state index contributed by atoms with van der Waals surface area (Å²) < 4.78 is 0.